The molecule has 1 saturated heterocycles. The second kappa shape index (κ2) is 7.94. The number of carbonyl (C=O) groups excluding carboxylic acids is 1. The SMILES string of the molecule is O=C(c1cc(C2CC2)nn1-c1ccccc1)N1CCN(Cc2ccc(Cl)s2)CC1. The zero-order valence-corrected chi connectivity index (χ0v) is 17.7. The summed E-state index contributed by atoms with van der Waals surface area (Å²) in [5, 5.41) is 4.78. The number of piperazine rings is 1. The van der Waals surface area contributed by atoms with Crippen molar-refractivity contribution >= 4 is 28.8 Å². The van der Waals surface area contributed by atoms with E-state index in [1.54, 1.807) is 11.3 Å². The standard InChI is InChI=1S/C22H23ClN4OS/c23-21-9-8-18(29-21)15-25-10-12-26(13-11-25)22(28)20-14-19(16-6-7-16)24-27(20)17-4-2-1-3-5-17/h1-5,8-9,14,16H,6-7,10-13,15H2. The van der Waals surface area contributed by atoms with Gasteiger partial charge in [-0.15, -0.1) is 11.3 Å². The largest absolute Gasteiger partial charge is 0.335 e. The van der Waals surface area contributed by atoms with E-state index in [0.29, 0.717) is 11.6 Å². The molecule has 3 heterocycles. The highest BCUT2D eigenvalue weighted by molar-refractivity contribution is 7.16. The van der Waals surface area contributed by atoms with E-state index in [2.05, 4.69) is 11.0 Å². The van der Waals surface area contributed by atoms with Crippen LogP contribution in [0.4, 0.5) is 0 Å². The lowest BCUT2D eigenvalue weighted by molar-refractivity contribution is 0.0620. The van der Waals surface area contributed by atoms with E-state index in [4.69, 9.17) is 16.7 Å². The Bertz CT molecular complexity index is 1000. The molecule has 0 N–H and O–H groups in total. The maximum absolute atomic E-state index is 13.3. The minimum Gasteiger partial charge on any atom is -0.335 e. The average Bonchev–Trinajstić information content (AvgIpc) is 3.38. The molecule has 1 aliphatic heterocycles. The van der Waals surface area contributed by atoms with Crippen LogP contribution < -0.4 is 0 Å². The second-order valence-electron chi connectivity index (χ2n) is 7.75. The molecule has 1 aromatic carbocycles. The third-order valence-electron chi connectivity index (χ3n) is 5.61. The number of carbonyl (C=O) groups is 1. The molecule has 7 heteroatoms. The van der Waals surface area contributed by atoms with Gasteiger partial charge in [0, 0.05) is 43.5 Å². The first-order valence-electron chi connectivity index (χ1n) is 10.1. The fraction of sp³-hybridized carbons (Fsp3) is 0.364. The van der Waals surface area contributed by atoms with Crippen molar-refractivity contribution in [3.8, 4) is 5.69 Å². The number of benzene rings is 1. The van der Waals surface area contributed by atoms with Crippen molar-refractivity contribution in [1.29, 1.82) is 0 Å². The Morgan fingerprint density at radius 1 is 1.07 bits per heavy atom. The van der Waals surface area contributed by atoms with Gasteiger partial charge in [0.2, 0.25) is 0 Å². The van der Waals surface area contributed by atoms with Crippen molar-refractivity contribution < 1.29 is 4.79 Å². The molecular weight excluding hydrogens is 404 g/mol. The molecule has 0 unspecified atom stereocenters. The first-order valence-corrected chi connectivity index (χ1v) is 11.3. The Kier molecular flexibility index (Phi) is 5.16. The van der Waals surface area contributed by atoms with Crippen molar-refractivity contribution in [3.63, 3.8) is 0 Å². The Labute approximate surface area is 179 Å². The number of para-hydroxylation sites is 1. The van der Waals surface area contributed by atoms with E-state index < -0.39 is 0 Å². The lowest BCUT2D eigenvalue weighted by Gasteiger charge is -2.34. The Morgan fingerprint density at radius 3 is 2.48 bits per heavy atom. The van der Waals surface area contributed by atoms with E-state index in [1.807, 2.05) is 52.0 Å². The molecule has 1 aliphatic carbocycles. The summed E-state index contributed by atoms with van der Waals surface area (Å²) in [4.78, 5) is 19.0. The topological polar surface area (TPSA) is 41.4 Å². The van der Waals surface area contributed by atoms with Crippen LogP contribution in [0.3, 0.4) is 0 Å². The molecular formula is C22H23ClN4OS. The summed E-state index contributed by atoms with van der Waals surface area (Å²) in [5.41, 5.74) is 2.66. The monoisotopic (exact) mass is 426 g/mol. The van der Waals surface area contributed by atoms with Gasteiger partial charge in [-0.1, -0.05) is 29.8 Å². The van der Waals surface area contributed by atoms with Gasteiger partial charge in [0.05, 0.1) is 15.7 Å². The van der Waals surface area contributed by atoms with Gasteiger partial charge < -0.3 is 4.90 Å². The van der Waals surface area contributed by atoms with Gasteiger partial charge in [-0.3, -0.25) is 9.69 Å². The molecule has 0 spiro atoms. The van der Waals surface area contributed by atoms with Gasteiger partial charge in [-0.25, -0.2) is 4.68 Å². The number of aromatic nitrogens is 2. The van der Waals surface area contributed by atoms with Crippen molar-refractivity contribution in [3.05, 3.63) is 69.1 Å². The molecule has 5 rings (SSSR count). The summed E-state index contributed by atoms with van der Waals surface area (Å²) in [7, 11) is 0. The van der Waals surface area contributed by atoms with E-state index in [9.17, 15) is 4.79 Å². The Balaban J connectivity index is 1.31. The highest BCUT2D eigenvalue weighted by atomic mass is 35.5. The van der Waals surface area contributed by atoms with E-state index in [1.165, 1.54) is 17.7 Å². The number of hydrogen-bond donors (Lipinski definition) is 0. The third kappa shape index (κ3) is 4.10. The Hall–Kier alpha value is -2.15. The van der Waals surface area contributed by atoms with Crippen LogP contribution in [0.1, 0.15) is 39.8 Å². The zero-order chi connectivity index (χ0) is 19.8. The number of rotatable bonds is 5. The molecule has 0 atom stereocenters. The summed E-state index contributed by atoms with van der Waals surface area (Å²) in [6.45, 7) is 4.10. The quantitative estimate of drug-likeness (QED) is 0.606. The van der Waals surface area contributed by atoms with Crippen molar-refractivity contribution in [2.75, 3.05) is 26.2 Å². The van der Waals surface area contributed by atoms with Gasteiger partial charge in [-0.2, -0.15) is 5.10 Å². The maximum Gasteiger partial charge on any atom is 0.272 e. The van der Waals surface area contributed by atoms with Crippen LogP contribution in [0.15, 0.2) is 48.5 Å². The van der Waals surface area contributed by atoms with Crippen LogP contribution in [-0.2, 0) is 6.54 Å². The van der Waals surface area contributed by atoms with E-state index in [0.717, 1.165) is 48.4 Å². The highest BCUT2D eigenvalue weighted by Crippen LogP contribution is 2.40. The number of nitrogens with zero attached hydrogens (tertiary/aromatic N) is 4. The lowest BCUT2D eigenvalue weighted by Crippen LogP contribution is -2.48. The first kappa shape index (κ1) is 18.9. The number of amides is 1. The van der Waals surface area contributed by atoms with Crippen LogP contribution in [0.2, 0.25) is 4.34 Å². The van der Waals surface area contributed by atoms with Gasteiger partial charge >= 0.3 is 0 Å². The minimum atomic E-state index is 0.0760. The Morgan fingerprint density at radius 2 is 1.83 bits per heavy atom. The minimum absolute atomic E-state index is 0.0760. The molecule has 0 radical (unpaired) electrons. The summed E-state index contributed by atoms with van der Waals surface area (Å²) in [5.74, 6) is 0.591. The average molecular weight is 427 g/mol. The van der Waals surface area contributed by atoms with Gasteiger partial charge in [0.25, 0.3) is 5.91 Å². The lowest BCUT2D eigenvalue weighted by atomic mass is 10.2. The predicted octanol–water partition coefficient (Wildman–Crippen LogP) is 4.42. The predicted molar refractivity (Wildman–Crippen MR) is 116 cm³/mol. The second-order valence-corrected chi connectivity index (χ2v) is 9.55. The van der Waals surface area contributed by atoms with Crippen LogP contribution in [0.25, 0.3) is 5.69 Å². The molecule has 2 aromatic heterocycles. The molecule has 29 heavy (non-hydrogen) atoms. The molecule has 0 bridgehead atoms. The normalized spacial score (nSPS) is 17.6. The molecule has 3 aromatic rings. The molecule has 2 fully saturated rings. The first-order chi connectivity index (χ1) is 14.2. The molecule has 2 aliphatic rings. The van der Waals surface area contributed by atoms with E-state index in [-0.39, 0.29) is 5.91 Å². The summed E-state index contributed by atoms with van der Waals surface area (Å²) in [6.07, 6.45) is 2.34. The summed E-state index contributed by atoms with van der Waals surface area (Å²) < 4.78 is 2.66. The summed E-state index contributed by atoms with van der Waals surface area (Å²) in [6, 6.07) is 16.0. The van der Waals surface area contributed by atoms with Gasteiger partial charge in [-0.05, 0) is 43.2 Å². The zero-order valence-electron chi connectivity index (χ0n) is 16.1. The number of hydrogen-bond acceptors (Lipinski definition) is 4. The smallest absolute Gasteiger partial charge is 0.272 e. The van der Waals surface area contributed by atoms with Crippen molar-refractivity contribution in [2.45, 2.75) is 25.3 Å². The fourth-order valence-corrected chi connectivity index (χ4v) is 4.95. The maximum atomic E-state index is 13.3. The van der Waals surface area contributed by atoms with Crippen molar-refractivity contribution in [2.24, 2.45) is 0 Å². The highest BCUT2D eigenvalue weighted by Gasteiger charge is 2.31. The third-order valence-corrected chi connectivity index (χ3v) is 6.83. The number of halogens is 1. The summed E-state index contributed by atoms with van der Waals surface area (Å²) >= 11 is 7.67. The van der Waals surface area contributed by atoms with Crippen LogP contribution in [-0.4, -0.2) is 51.7 Å². The van der Waals surface area contributed by atoms with E-state index >= 15 is 0 Å². The molecule has 150 valence electrons. The van der Waals surface area contributed by atoms with Crippen LogP contribution in [0.5, 0.6) is 0 Å². The number of thiophene rings is 1. The van der Waals surface area contributed by atoms with Crippen LogP contribution >= 0.6 is 22.9 Å². The molecule has 1 saturated carbocycles. The van der Waals surface area contributed by atoms with Crippen molar-refractivity contribution in [1.82, 2.24) is 19.6 Å². The van der Waals surface area contributed by atoms with Gasteiger partial charge in [0.1, 0.15) is 5.69 Å². The van der Waals surface area contributed by atoms with Gasteiger partial charge in [0.15, 0.2) is 0 Å². The molecule has 1 amide bonds. The fourth-order valence-electron chi connectivity index (χ4n) is 3.82. The van der Waals surface area contributed by atoms with Crippen LogP contribution in [0, 0.1) is 0 Å². The molecule has 5 nitrogen and oxygen atoms in total.